The van der Waals surface area contributed by atoms with E-state index >= 15 is 0 Å². The van der Waals surface area contributed by atoms with Gasteiger partial charge in [0.1, 0.15) is 0 Å². The first-order chi connectivity index (χ1) is 9.81. The summed E-state index contributed by atoms with van der Waals surface area (Å²) in [5.41, 5.74) is 0.844. The van der Waals surface area contributed by atoms with Gasteiger partial charge in [-0.15, -0.1) is 0 Å². The Hall–Kier alpha value is -2.02. The molecule has 0 spiro atoms. The van der Waals surface area contributed by atoms with E-state index in [9.17, 15) is 4.79 Å². The van der Waals surface area contributed by atoms with Crippen LogP contribution in [0.5, 0.6) is 0 Å². The Morgan fingerprint density at radius 1 is 1.25 bits per heavy atom. The first kappa shape index (κ1) is 14.4. The van der Waals surface area contributed by atoms with E-state index in [1.165, 1.54) is 19.3 Å². The van der Waals surface area contributed by atoms with Crippen molar-refractivity contribution in [1.82, 2.24) is 5.32 Å². The summed E-state index contributed by atoms with van der Waals surface area (Å²) >= 11 is 0. The summed E-state index contributed by atoms with van der Waals surface area (Å²) in [4.78, 5) is 14.1. The van der Waals surface area contributed by atoms with E-state index in [-0.39, 0.29) is 12.1 Å². The fraction of sp³-hybridized carbons (Fsp3) is 0.500. The predicted molar refractivity (Wildman–Crippen MR) is 79.4 cm³/mol. The zero-order chi connectivity index (χ0) is 14.2. The molecule has 0 aliphatic heterocycles. The Morgan fingerprint density at radius 2 is 1.95 bits per heavy atom. The van der Waals surface area contributed by atoms with Crippen LogP contribution in [0.4, 0.5) is 10.5 Å². The van der Waals surface area contributed by atoms with Gasteiger partial charge in [-0.1, -0.05) is 37.5 Å². The lowest BCUT2D eigenvalue weighted by Crippen LogP contribution is -2.46. The van der Waals surface area contributed by atoms with Crippen molar-refractivity contribution >= 4 is 11.7 Å². The molecule has 0 bridgehead atoms. The first-order valence-corrected chi connectivity index (χ1v) is 7.31. The zero-order valence-electron chi connectivity index (χ0n) is 11.7. The molecule has 0 unspecified atom stereocenters. The molecule has 0 aromatic heterocycles. The molecule has 4 heteroatoms. The summed E-state index contributed by atoms with van der Waals surface area (Å²) in [5.74, 6) is 0. The third-order valence-corrected chi connectivity index (χ3v) is 3.69. The van der Waals surface area contributed by atoms with E-state index in [0.29, 0.717) is 13.0 Å². The fourth-order valence-electron chi connectivity index (χ4n) is 2.62. The third kappa shape index (κ3) is 3.99. The topological polar surface area (TPSA) is 56.1 Å². The lowest BCUT2D eigenvalue weighted by Gasteiger charge is -2.28. The van der Waals surface area contributed by atoms with Gasteiger partial charge in [0.05, 0.1) is 12.5 Å². The molecular formula is C16H21N3O. The molecule has 1 aromatic rings. The molecule has 1 N–H and O–H groups in total. The second kappa shape index (κ2) is 7.54. The number of carbonyl (C=O) groups is 1. The van der Waals surface area contributed by atoms with Gasteiger partial charge in [0, 0.05) is 18.3 Å². The Bertz CT molecular complexity index is 460. The SMILES string of the molecule is N#CCCN(C(=O)NC1CCCCC1)c1ccccc1. The Morgan fingerprint density at radius 3 is 2.60 bits per heavy atom. The highest BCUT2D eigenvalue weighted by Gasteiger charge is 2.20. The maximum atomic E-state index is 12.4. The second-order valence-electron chi connectivity index (χ2n) is 5.18. The molecule has 20 heavy (non-hydrogen) atoms. The van der Waals surface area contributed by atoms with Gasteiger partial charge >= 0.3 is 6.03 Å². The van der Waals surface area contributed by atoms with Crippen LogP contribution >= 0.6 is 0 Å². The second-order valence-corrected chi connectivity index (χ2v) is 5.18. The summed E-state index contributed by atoms with van der Waals surface area (Å²) in [6, 6.07) is 11.8. The molecule has 1 saturated carbocycles. The Balaban J connectivity index is 2.02. The molecule has 0 heterocycles. The molecule has 2 amide bonds. The number of carbonyl (C=O) groups excluding carboxylic acids is 1. The highest BCUT2D eigenvalue weighted by Crippen LogP contribution is 2.19. The van der Waals surface area contributed by atoms with Gasteiger partial charge in [-0.05, 0) is 25.0 Å². The molecule has 1 aromatic carbocycles. The standard InChI is InChI=1S/C16H21N3O/c17-12-7-13-19(15-10-5-2-6-11-15)16(20)18-14-8-3-1-4-9-14/h2,5-6,10-11,14H,1,3-4,7-9,13H2,(H,18,20). The zero-order valence-corrected chi connectivity index (χ0v) is 11.7. The number of para-hydroxylation sites is 1. The van der Waals surface area contributed by atoms with Crippen molar-refractivity contribution in [2.45, 2.75) is 44.6 Å². The van der Waals surface area contributed by atoms with E-state index < -0.39 is 0 Å². The summed E-state index contributed by atoms with van der Waals surface area (Å²) in [5, 5.41) is 11.9. The minimum absolute atomic E-state index is 0.0849. The monoisotopic (exact) mass is 271 g/mol. The maximum Gasteiger partial charge on any atom is 0.322 e. The maximum absolute atomic E-state index is 12.4. The molecule has 106 valence electrons. The van der Waals surface area contributed by atoms with Gasteiger partial charge in [-0.3, -0.25) is 4.90 Å². The van der Waals surface area contributed by atoms with Gasteiger partial charge in [-0.2, -0.15) is 5.26 Å². The Kier molecular flexibility index (Phi) is 5.43. The molecule has 0 radical (unpaired) electrons. The molecule has 0 saturated heterocycles. The van der Waals surface area contributed by atoms with Crippen molar-refractivity contribution < 1.29 is 4.79 Å². The van der Waals surface area contributed by atoms with E-state index in [1.54, 1.807) is 4.90 Å². The smallest absolute Gasteiger partial charge is 0.322 e. The largest absolute Gasteiger partial charge is 0.335 e. The van der Waals surface area contributed by atoms with Gasteiger partial charge in [0.15, 0.2) is 0 Å². The summed E-state index contributed by atoms with van der Waals surface area (Å²) in [6.07, 6.45) is 6.11. The summed E-state index contributed by atoms with van der Waals surface area (Å²) in [6.45, 7) is 0.430. The molecule has 1 aliphatic rings. The van der Waals surface area contributed by atoms with Crippen LogP contribution in [0.3, 0.4) is 0 Å². The number of hydrogen-bond donors (Lipinski definition) is 1. The lowest BCUT2D eigenvalue weighted by atomic mass is 9.96. The molecular weight excluding hydrogens is 250 g/mol. The van der Waals surface area contributed by atoms with E-state index in [2.05, 4.69) is 11.4 Å². The number of hydrogen-bond acceptors (Lipinski definition) is 2. The number of amides is 2. The van der Waals surface area contributed by atoms with Crippen LogP contribution in [0.25, 0.3) is 0 Å². The van der Waals surface area contributed by atoms with Crippen molar-refractivity contribution in [1.29, 1.82) is 5.26 Å². The Labute approximate surface area is 120 Å². The van der Waals surface area contributed by atoms with Gasteiger partial charge < -0.3 is 5.32 Å². The lowest BCUT2D eigenvalue weighted by molar-refractivity contribution is 0.238. The first-order valence-electron chi connectivity index (χ1n) is 7.31. The van der Waals surface area contributed by atoms with Crippen LogP contribution in [-0.2, 0) is 0 Å². The van der Waals surface area contributed by atoms with Gasteiger partial charge in [0.2, 0.25) is 0 Å². The van der Waals surface area contributed by atoms with Crippen LogP contribution in [0.2, 0.25) is 0 Å². The summed E-state index contributed by atoms with van der Waals surface area (Å²) < 4.78 is 0. The van der Waals surface area contributed by atoms with Crippen LogP contribution in [0, 0.1) is 11.3 Å². The van der Waals surface area contributed by atoms with Crippen molar-refractivity contribution in [3.8, 4) is 6.07 Å². The quantitative estimate of drug-likeness (QED) is 0.911. The number of rotatable bonds is 4. The summed E-state index contributed by atoms with van der Waals surface area (Å²) in [7, 11) is 0. The molecule has 1 aliphatic carbocycles. The van der Waals surface area contributed by atoms with Crippen molar-refractivity contribution in [2.24, 2.45) is 0 Å². The van der Waals surface area contributed by atoms with E-state index in [0.717, 1.165) is 18.5 Å². The number of urea groups is 1. The predicted octanol–water partition coefficient (Wildman–Crippen LogP) is 3.45. The number of nitriles is 1. The highest BCUT2D eigenvalue weighted by molar-refractivity contribution is 5.92. The number of benzene rings is 1. The van der Waals surface area contributed by atoms with Gasteiger partial charge in [0.25, 0.3) is 0 Å². The normalized spacial score (nSPS) is 15.3. The number of anilines is 1. The van der Waals surface area contributed by atoms with Crippen LogP contribution in [0.15, 0.2) is 30.3 Å². The van der Waals surface area contributed by atoms with Gasteiger partial charge in [-0.25, -0.2) is 4.79 Å². The van der Waals surface area contributed by atoms with Crippen molar-refractivity contribution in [3.63, 3.8) is 0 Å². The average molecular weight is 271 g/mol. The molecule has 4 nitrogen and oxygen atoms in total. The average Bonchev–Trinajstić information content (AvgIpc) is 2.50. The van der Waals surface area contributed by atoms with E-state index in [1.807, 2.05) is 30.3 Å². The number of nitrogens with zero attached hydrogens (tertiary/aromatic N) is 2. The molecule has 0 atom stereocenters. The highest BCUT2D eigenvalue weighted by atomic mass is 16.2. The van der Waals surface area contributed by atoms with Crippen molar-refractivity contribution in [3.05, 3.63) is 30.3 Å². The minimum Gasteiger partial charge on any atom is -0.335 e. The van der Waals surface area contributed by atoms with Crippen LogP contribution in [-0.4, -0.2) is 18.6 Å². The number of nitrogens with one attached hydrogen (secondary N) is 1. The minimum atomic E-state index is -0.0849. The van der Waals surface area contributed by atoms with Crippen LogP contribution in [0.1, 0.15) is 38.5 Å². The third-order valence-electron chi connectivity index (χ3n) is 3.69. The van der Waals surface area contributed by atoms with Crippen molar-refractivity contribution in [2.75, 3.05) is 11.4 Å². The molecule has 2 rings (SSSR count). The molecule has 1 fully saturated rings. The van der Waals surface area contributed by atoms with Crippen LogP contribution < -0.4 is 10.2 Å². The van der Waals surface area contributed by atoms with E-state index in [4.69, 9.17) is 5.26 Å². The fourth-order valence-corrected chi connectivity index (χ4v) is 2.62.